The summed E-state index contributed by atoms with van der Waals surface area (Å²) in [6, 6.07) is 5.29. The molecule has 0 aliphatic carbocycles. The van der Waals surface area contributed by atoms with Gasteiger partial charge in [-0.1, -0.05) is 17.7 Å². The van der Waals surface area contributed by atoms with Crippen LogP contribution in [0.1, 0.15) is 36.7 Å². The fraction of sp³-hybridized carbons (Fsp3) is 0.333. The van der Waals surface area contributed by atoms with Crippen LogP contribution in [0.5, 0.6) is 0 Å². The molecule has 0 amide bonds. The number of benzene rings is 1. The predicted octanol–water partition coefficient (Wildman–Crippen LogP) is 2.21. The van der Waals surface area contributed by atoms with E-state index in [4.69, 9.17) is 0 Å². The molecule has 4 rings (SSSR count). The number of carbonyl (C=O) groups excluding carboxylic acids is 1. The Morgan fingerprint density at radius 3 is 2.45 bits per heavy atom. The molecule has 3 aromatic heterocycles. The van der Waals surface area contributed by atoms with Crippen molar-refractivity contribution in [3.8, 4) is 5.69 Å². The highest BCUT2D eigenvalue weighted by atomic mass is 16.2. The number of hydrogen-bond donors (Lipinski definition) is 0. The number of Topliss-reactive ketones (excluding diaryl/α,β-unsaturated/α-hetero) is 1. The van der Waals surface area contributed by atoms with Gasteiger partial charge in [-0.15, -0.1) is 0 Å². The summed E-state index contributed by atoms with van der Waals surface area (Å²) in [7, 11) is 1.56. The van der Waals surface area contributed by atoms with E-state index in [-0.39, 0.29) is 11.3 Å². The van der Waals surface area contributed by atoms with Gasteiger partial charge in [-0.05, 0) is 46.2 Å². The fourth-order valence-electron chi connectivity index (χ4n) is 3.85. The summed E-state index contributed by atoms with van der Waals surface area (Å²) in [5.41, 5.74) is 3.60. The summed E-state index contributed by atoms with van der Waals surface area (Å²) in [6.07, 6.45) is 1.83. The zero-order valence-electron chi connectivity index (χ0n) is 17.3. The minimum Gasteiger partial charge on any atom is -0.298 e. The molecule has 1 atom stereocenters. The van der Waals surface area contributed by atoms with Crippen LogP contribution in [-0.2, 0) is 11.8 Å². The molecule has 0 radical (unpaired) electrons. The number of nitrogens with zero attached hydrogens (tertiary/aromatic N) is 5. The molecule has 8 heteroatoms. The SMILES string of the molecule is CC(=O)[C@@H](C)n1c(=O)c2c(nc3n(-c4ccc(C)cc4C)c(C)cn23)n(C)c1=O. The third-order valence-corrected chi connectivity index (χ3v) is 5.54. The monoisotopic (exact) mass is 393 g/mol. The Labute approximate surface area is 166 Å². The summed E-state index contributed by atoms with van der Waals surface area (Å²) in [6.45, 7) is 8.93. The number of rotatable bonds is 3. The van der Waals surface area contributed by atoms with E-state index in [1.807, 2.05) is 43.7 Å². The van der Waals surface area contributed by atoms with Gasteiger partial charge in [0.1, 0.15) is 0 Å². The van der Waals surface area contributed by atoms with Crippen molar-refractivity contribution in [1.29, 1.82) is 0 Å². The van der Waals surface area contributed by atoms with Crippen LogP contribution < -0.4 is 11.2 Å². The molecule has 8 nitrogen and oxygen atoms in total. The summed E-state index contributed by atoms with van der Waals surface area (Å²) >= 11 is 0. The average Bonchev–Trinajstić information content (AvgIpc) is 3.15. The lowest BCUT2D eigenvalue weighted by molar-refractivity contribution is -0.119. The second-order valence-electron chi connectivity index (χ2n) is 7.65. The average molecular weight is 393 g/mol. The Morgan fingerprint density at radius 1 is 1.14 bits per heavy atom. The van der Waals surface area contributed by atoms with E-state index in [0.717, 1.165) is 27.1 Å². The van der Waals surface area contributed by atoms with E-state index in [9.17, 15) is 14.4 Å². The van der Waals surface area contributed by atoms with Crippen LogP contribution in [-0.4, -0.2) is 28.9 Å². The predicted molar refractivity (Wildman–Crippen MR) is 111 cm³/mol. The molecule has 0 spiro atoms. The molecule has 0 bridgehead atoms. The molecule has 29 heavy (non-hydrogen) atoms. The molecule has 0 N–H and O–H groups in total. The van der Waals surface area contributed by atoms with Gasteiger partial charge in [-0.25, -0.2) is 9.36 Å². The maximum Gasteiger partial charge on any atom is 0.333 e. The van der Waals surface area contributed by atoms with Crippen molar-refractivity contribution in [3.05, 3.63) is 62.1 Å². The third kappa shape index (κ3) is 2.59. The van der Waals surface area contributed by atoms with E-state index < -0.39 is 17.3 Å². The van der Waals surface area contributed by atoms with E-state index in [2.05, 4.69) is 11.1 Å². The first kappa shape index (κ1) is 18.9. The van der Waals surface area contributed by atoms with Crippen LogP contribution in [0.15, 0.2) is 34.0 Å². The molecular formula is C21H23N5O3. The number of carbonyl (C=O) groups is 1. The highest BCUT2D eigenvalue weighted by Gasteiger charge is 2.24. The number of ketones is 1. The first-order chi connectivity index (χ1) is 13.6. The molecule has 0 unspecified atom stereocenters. The van der Waals surface area contributed by atoms with Crippen molar-refractivity contribution in [2.45, 2.75) is 40.7 Å². The topological polar surface area (TPSA) is 83.3 Å². The molecular weight excluding hydrogens is 370 g/mol. The van der Waals surface area contributed by atoms with Crippen molar-refractivity contribution in [2.75, 3.05) is 0 Å². The zero-order chi connectivity index (χ0) is 21.2. The lowest BCUT2D eigenvalue weighted by Crippen LogP contribution is -2.42. The van der Waals surface area contributed by atoms with Gasteiger partial charge in [-0.3, -0.25) is 23.1 Å². The summed E-state index contributed by atoms with van der Waals surface area (Å²) < 4.78 is 6.00. The molecule has 4 aromatic rings. The molecule has 0 saturated heterocycles. The van der Waals surface area contributed by atoms with Crippen molar-refractivity contribution >= 4 is 22.7 Å². The Balaban J connectivity index is 2.15. The fourth-order valence-corrected chi connectivity index (χ4v) is 3.85. The standard InChI is InChI=1S/C21H23N5O3/c1-11-7-8-16(12(2)9-11)25-13(3)10-24-17-18(22-20(24)25)23(6)21(29)26(19(17)28)14(4)15(5)27/h7-10,14H,1-6H3/t14-/m1/s1. The normalized spacial score (nSPS) is 12.8. The number of fused-ring (bicyclic) bond motifs is 3. The maximum absolute atomic E-state index is 13.2. The number of aryl methyl sites for hydroxylation is 4. The van der Waals surface area contributed by atoms with Gasteiger partial charge in [0.05, 0.1) is 11.7 Å². The Bertz CT molecular complexity index is 1430. The second-order valence-corrected chi connectivity index (χ2v) is 7.65. The van der Waals surface area contributed by atoms with E-state index in [1.165, 1.54) is 11.5 Å². The minimum absolute atomic E-state index is 0.256. The van der Waals surface area contributed by atoms with Crippen molar-refractivity contribution in [3.63, 3.8) is 0 Å². The summed E-state index contributed by atoms with van der Waals surface area (Å²) in [5, 5.41) is 0. The van der Waals surface area contributed by atoms with Crippen LogP contribution >= 0.6 is 0 Å². The minimum atomic E-state index is -0.848. The largest absolute Gasteiger partial charge is 0.333 e. The van der Waals surface area contributed by atoms with Gasteiger partial charge >= 0.3 is 5.69 Å². The number of hydrogen-bond acceptors (Lipinski definition) is 4. The maximum atomic E-state index is 13.2. The Kier molecular flexibility index (Phi) is 4.11. The molecule has 3 heterocycles. The highest BCUT2D eigenvalue weighted by Crippen LogP contribution is 2.24. The zero-order valence-corrected chi connectivity index (χ0v) is 17.3. The molecule has 0 saturated carbocycles. The van der Waals surface area contributed by atoms with Crippen molar-refractivity contribution in [2.24, 2.45) is 7.05 Å². The van der Waals surface area contributed by atoms with E-state index >= 15 is 0 Å². The van der Waals surface area contributed by atoms with Crippen molar-refractivity contribution in [1.82, 2.24) is 23.1 Å². The quantitative estimate of drug-likeness (QED) is 0.534. The summed E-state index contributed by atoms with van der Waals surface area (Å²) in [5.74, 6) is 0.290. The number of aromatic nitrogens is 5. The molecule has 0 aliphatic rings. The van der Waals surface area contributed by atoms with E-state index in [0.29, 0.717) is 11.4 Å². The second kappa shape index (κ2) is 6.30. The van der Waals surface area contributed by atoms with Crippen LogP contribution in [0.3, 0.4) is 0 Å². The molecule has 0 fully saturated rings. The van der Waals surface area contributed by atoms with Gasteiger partial charge < -0.3 is 0 Å². The van der Waals surface area contributed by atoms with Gasteiger partial charge in [0.25, 0.3) is 5.56 Å². The van der Waals surface area contributed by atoms with Crippen LogP contribution in [0.2, 0.25) is 0 Å². The lowest BCUT2D eigenvalue weighted by atomic mass is 10.1. The highest BCUT2D eigenvalue weighted by molar-refractivity contribution is 5.81. The van der Waals surface area contributed by atoms with Crippen LogP contribution in [0.4, 0.5) is 0 Å². The Hall–Kier alpha value is -3.42. The Morgan fingerprint density at radius 2 is 1.83 bits per heavy atom. The molecule has 0 aliphatic heterocycles. The first-order valence-electron chi connectivity index (χ1n) is 9.43. The van der Waals surface area contributed by atoms with Crippen LogP contribution in [0, 0.1) is 20.8 Å². The molecule has 150 valence electrons. The van der Waals surface area contributed by atoms with Gasteiger partial charge in [0.15, 0.2) is 16.9 Å². The summed E-state index contributed by atoms with van der Waals surface area (Å²) in [4.78, 5) is 42.5. The first-order valence-corrected chi connectivity index (χ1v) is 9.43. The van der Waals surface area contributed by atoms with Gasteiger partial charge in [0.2, 0.25) is 5.78 Å². The van der Waals surface area contributed by atoms with Gasteiger partial charge in [-0.2, -0.15) is 4.98 Å². The van der Waals surface area contributed by atoms with Gasteiger partial charge in [0, 0.05) is 18.9 Å². The van der Waals surface area contributed by atoms with Crippen LogP contribution in [0.25, 0.3) is 22.6 Å². The van der Waals surface area contributed by atoms with E-state index in [1.54, 1.807) is 18.4 Å². The third-order valence-electron chi connectivity index (χ3n) is 5.54. The number of imidazole rings is 2. The lowest BCUT2D eigenvalue weighted by Gasteiger charge is -2.12. The smallest absolute Gasteiger partial charge is 0.298 e. The molecule has 1 aromatic carbocycles. The van der Waals surface area contributed by atoms with Crippen molar-refractivity contribution < 1.29 is 4.79 Å².